The number of likely N-dealkylation sites (tertiary alicyclic amines) is 1. The summed E-state index contributed by atoms with van der Waals surface area (Å²) in [5.74, 6) is 2.13. The van der Waals surface area contributed by atoms with Crippen LogP contribution in [0, 0.1) is 0 Å². The molecule has 1 aliphatic rings. The van der Waals surface area contributed by atoms with Crippen LogP contribution in [0.4, 0.5) is 0 Å². The zero-order valence-electron chi connectivity index (χ0n) is 14.9. The Bertz CT molecular complexity index is 862. The summed E-state index contributed by atoms with van der Waals surface area (Å²) in [6, 6.07) is 15.4. The summed E-state index contributed by atoms with van der Waals surface area (Å²) in [5.41, 5.74) is 2.73. The maximum atomic E-state index is 12.6. The van der Waals surface area contributed by atoms with Crippen molar-refractivity contribution in [3.63, 3.8) is 0 Å². The molecule has 2 aromatic carbocycles. The number of amides is 1. The van der Waals surface area contributed by atoms with Crippen molar-refractivity contribution in [2.45, 2.75) is 25.7 Å². The number of ether oxygens (including phenoxy) is 1. The fourth-order valence-electron chi connectivity index (χ4n) is 3.19. The van der Waals surface area contributed by atoms with Gasteiger partial charge in [0, 0.05) is 18.7 Å². The van der Waals surface area contributed by atoms with Gasteiger partial charge in [0.15, 0.2) is 0 Å². The molecule has 26 heavy (non-hydrogen) atoms. The monoisotopic (exact) mass is 349 g/mol. The lowest BCUT2D eigenvalue weighted by Gasteiger charge is -2.38. The Labute approximate surface area is 153 Å². The Kier molecular flexibility index (Phi) is 4.61. The third-order valence-electron chi connectivity index (χ3n) is 4.83. The zero-order chi connectivity index (χ0) is 17.9. The highest BCUT2D eigenvalue weighted by Gasteiger charge is 2.34. The highest BCUT2D eigenvalue weighted by Crippen LogP contribution is 2.28. The molecule has 5 nitrogen and oxygen atoms in total. The first-order valence-electron chi connectivity index (χ1n) is 9.21. The fourth-order valence-corrected chi connectivity index (χ4v) is 3.19. The average molecular weight is 349 g/mol. The average Bonchev–Trinajstić information content (AvgIpc) is 3.04. The molecule has 1 fully saturated rings. The van der Waals surface area contributed by atoms with Crippen LogP contribution in [-0.4, -0.2) is 40.5 Å². The van der Waals surface area contributed by atoms with E-state index in [1.54, 1.807) is 0 Å². The zero-order valence-corrected chi connectivity index (χ0v) is 14.9. The number of carbonyl (C=O) groups is 1. The largest absolute Gasteiger partial charge is 0.494 e. The van der Waals surface area contributed by atoms with Gasteiger partial charge in [0.2, 0.25) is 0 Å². The second-order valence-electron chi connectivity index (χ2n) is 6.77. The van der Waals surface area contributed by atoms with Crippen molar-refractivity contribution >= 4 is 16.9 Å². The van der Waals surface area contributed by atoms with Crippen molar-refractivity contribution in [3.8, 4) is 5.75 Å². The number of aromatic amines is 1. The molecule has 0 bridgehead atoms. The van der Waals surface area contributed by atoms with E-state index in [1.807, 2.05) is 53.4 Å². The number of rotatable bonds is 6. The molecule has 0 saturated carbocycles. The maximum absolute atomic E-state index is 12.6. The van der Waals surface area contributed by atoms with Crippen LogP contribution in [0.5, 0.6) is 5.75 Å². The third kappa shape index (κ3) is 3.29. The molecule has 0 unspecified atom stereocenters. The summed E-state index contributed by atoms with van der Waals surface area (Å²) in [6.07, 6.45) is 2.15. The molecule has 0 aliphatic carbocycles. The molecule has 1 saturated heterocycles. The van der Waals surface area contributed by atoms with Gasteiger partial charge in [0.25, 0.3) is 5.91 Å². The van der Waals surface area contributed by atoms with Gasteiger partial charge in [-0.25, -0.2) is 4.98 Å². The summed E-state index contributed by atoms with van der Waals surface area (Å²) >= 11 is 0. The van der Waals surface area contributed by atoms with Crippen molar-refractivity contribution in [3.05, 3.63) is 59.9 Å². The molecule has 2 heterocycles. The van der Waals surface area contributed by atoms with Gasteiger partial charge in [0.05, 0.1) is 23.6 Å². The first-order valence-corrected chi connectivity index (χ1v) is 9.21. The quantitative estimate of drug-likeness (QED) is 0.685. The SMILES string of the molecule is CCCCOc1ccc(C(=O)N2CC(c3nc4ccccc4[nH]3)C2)cc1. The summed E-state index contributed by atoms with van der Waals surface area (Å²) in [7, 11) is 0. The van der Waals surface area contributed by atoms with E-state index in [2.05, 4.69) is 16.9 Å². The van der Waals surface area contributed by atoms with Gasteiger partial charge in [-0.15, -0.1) is 0 Å². The molecule has 1 aromatic heterocycles. The van der Waals surface area contributed by atoms with E-state index >= 15 is 0 Å². The highest BCUT2D eigenvalue weighted by molar-refractivity contribution is 5.95. The maximum Gasteiger partial charge on any atom is 0.253 e. The first kappa shape index (κ1) is 16.6. The summed E-state index contributed by atoms with van der Waals surface area (Å²) < 4.78 is 5.65. The molecule has 1 aliphatic heterocycles. The highest BCUT2D eigenvalue weighted by atomic mass is 16.5. The minimum Gasteiger partial charge on any atom is -0.494 e. The molecular weight excluding hydrogens is 326 g/mol. The number of hydrogen-bond donors (Lipinski definition) is 1. The number of H-pyrrole nitrogens is 1. The molecule has 1 N–H and O–H groups in total. The van der Waals surface area contributed by atoms with Crippen LogP contribution in [0.3, 0.4) is 0 Å². The Morgan fingerprint density at radius 3 is 2.69 bits per heavy atom. The number of aromatic nitrogens is 2. The molecular formula is C21H23N3O2. The van der Waals surface area contributed by atoms with Crippen LogP contribution < -0.4 is 4.74 Å². The van der Waals surface area contributed by atoms with E-state index in [4.69, 9.17) is 4.74 Å². The Morgan fingerprint density at radius 2 is 1.96 bits per heavy atom. The van der Waals surface area contributed by atoms with Gasteiger partial charge in [0.1, 0.15) is 11.6 Å². The lowest BCUT2D eigenvalue weighted by Crippen LogP contribution is -2.48. The second kappa shape index (κ2) is 7.20. The van der Waals surface area contributed by atoms with Crippen molar-refractivity contribution in [2.75, 3.05) is 19.7 Å². The van der Waals surface area contributed by atoms with Gasteiger partial charge >= 0.3 is 0 Å². The van der Waals surface area contributed by atoms with Crippen LogP contribution in [0.1, 0.15) is 41.9 Å². The lowest BCUT2D eigenvalue weighted by atomic mass is 9.98. The van der Waals surface area contributed by atoms with Gasteiger partial charge in [-0.05, 0) is 42.8 Å². The van der Waals surface area contributed by atoms with Gasteiger partial charge in [-0.1, -0.05) is 25.5 Å². The van der Waals surface area contributed by atoms with E-state index < -0.39 is 0 Å². The van der Waals surface area contributed by atoms with E-state index in [9.17, 15) is 4.79 Å². The number of para-hydroxylation sites is 2. The summed E-state index contributed by atoms with van der Waals surface area (Å²) in [4.78, 5) is 22.5. The van der Waals surface area contributed by atoms with E-state index in [0.717, 1.165) is 42.1 Å². The smallest absolute Gasteiger partial charge is 0.253 e. The lowest BCUT2D eigenvalue weighted by molar-refractivity contribution is 0.0595. The molecule has 4 rings (SSSR count). The predicted molar refractivity (Wildman–Crippen MR) is 102 cm³/mol. The van der Waals surface area contributed by atoms with E-state index in [1.165, 1.54) is 0 Å². The van der Waals surface area contributed by atoms with Crippen LogP contribution in [0.2, 0.25) is 0 Å². The summed E-state index contributed by atoms with van der Waals surface area (Å²) in [5, 5.41) is 0. The molecule has 1 amide bonds. The van der Waals surface area contributed by atoms with Gasteiger partial charge in [-0.2, -0.15) is 0 Å². The van der Waals surface area contributed by atoms with Crippen molar-refractivity contribution < 1.29 is 9.53 Å². The standard InChI is InChI=1S/C21H23N3O2/c1-2-3-12-26-17-10-8-15(9-11-17)21(25)24-13-16(14-24)20-22-18-6-4-5-7-19(18)23-20/h4-11,16H,2-3,12-14H2,1H3,(H,22,23). The Hall–Kier alpha value is -2.82. The Balaban J connectivity index is 1.35. The predicted octanol–water partition coefficient (Wildman–Crippen LogP) is 3.98. The number of unbranched alkanes of at least 4 members (excludes halogenated alkanes) is 1. The van der Waals surface area contributed by atoms with Crippen molar-refractivity contribution in [2.24, 2.45) is 0 Å². The number of benzene rings is 2. The minimum atomic E-state index is 0.0671. The summed E-state index contributed by atoms with van der Waals surface area (Å²) in [6.45, 7) is 4.26. The molecule has 0 spiro atoms. The van der Waals surface area contributed by atoms with E-state index in [-0.39, 0.29) is 11.8 Å². The topological polar surface area (TPSA) is 58.2 Å². The van der Waals surface area contributed by atoms with Gasteiger partial charge < -0.3 is 14.6 Å². The van der Waals surface area contributed by atoms with Crippen LogP contribution in [0.25, 0.3) is 11.0 Å². The number of nitrogens with zero attached hydrogens (tertiary/aromatic N) is 2. The Morgan fingerprint density at radius 1 is 1.19 bits per heavy atom. The number of nitrogens with one attached hydrogen (secondary N) is 1. The molecule has 134 valence electrons. The fraction of sp³-hybridized carbons (Fsp3) is 0.333. The first-order chi connectivity index (χ1) is 12.7. The molecule has 5 heteroatoms. The minimum absolute atomic E-state index is 0.0671. The molecule has 3 aromatic rings. The van der Waals surface area contributed by atoms with Crippen LogP contribution in [-0.2, 0) is 0 Å². The number of imidazole rings is 1. The number of hydrogen-bond acceptors (Lipinski definition) is 3. The number of fused-ring (bicyclic) bond motifs is 1. The second-order valence-corrected chi connectivity index (χ2v) is 6.77. The van der Waals surface area contributed by atoms with Crippen LogP contribution >= 0.6 is 0 Å². The van der Waals surface area contributed by atoms with Crippen molar-refractivity contribution in [1.29, 1.82) is 0 Å². The third-order valence-corrected chi connectivity index (χ3v) is 4.83. The van der Waals surface area contributed by atoms with Crippen molar-refractivity contribution in [1.82, 2.24) is 14.9 Å². The molecule has 0 radical (unpaired) electrons. The van der Waals surface area contributed by atoms with Crippen LogP contribution in [0.15, 0.2) is 48.5 Å². The number of carbonyl (C=O) groups excluding carboxylic acids is 1. The molecule has 0 atom stereocenters. The van der Waals surface area contributed by atoms with E-state index in [0.29, 0.717) is 18.7 Å². The van der Waals surface area contributed by atoms with Gasteiger partial charge in [-0.3, -0.25) is 4.79 Å². The normalized spacial score (nSPS) is 14.4.